The van der Waals surface area contributed by atoms with Crippen LogP contribution in [-0.4, -0.2) is 89.2 Å². The third-order valence-electron chi connectivity index (χ3n) is 9.70. The van der Waals surface area contributed by atoms with E-state index in [1.807, 2.05) is 85.8 Å². The van der Waals surface area contributed by atoms with E-state index in [9.17, 15) is 19.5 Å². The van der Waals surface area contributed by atoms with Gasteiger partial charge in [-0.15, -0.1) is 0 Å². The fraction of sp³-hybridized carbons (Fsp3) is 0.457. The maximum Gasteiger partial charge on any atom is 0.253 e. The first kappa shape index (κ1) is 30.1. The Bertz CT molecular complexity index is 1460. The van der Waals surface area contributed by atoms with Crippen molar-refractivity contribution in [2.45, 2.75) is 51.0 Å². The van der Waals surface area contributed by atoms with E-state index in [0.29, 0.717) is 26.1 Å². The molecule has 9 nitrogen and oxygen atoms in total. The lowest BCUT2D eigenvalue weighted by Gasteiger charge is -2.37. The van der Waals surface area contributed by atoms with Crippen molar-refractivity contribution < 1.29 is 24.2 Å². The van der Waals surface area contributed by atoms with Gasteiger partial charge in [0.05, 0.1) is 17.4 Å². The summed E-state index contributed by atoms with van der Waals surface area (Å²) in [6.45, 7) is 9.03. The topological polar surface area (TPSA) is 93.6 Å². The first-order valence-electron chi connectivity index (χ1n) is 15.7. The van der Waals surface area contributed by atoms with Crippen LogP contribution in [0.2, 0.25) is 0 Å². The third-order valence-corrected chi connectivity index (χ3v) is 9.70. The number of amides is 3. The van der Waals surface area contributed by atoms with E-state index in [1.165, 1.54) is 0 Å². The molecular weight excluding hydrogens is 556 g/mol. The van der Waals surface area contributed by atoms with E-state index in [2.05, 4.69) is 18.7 Å². The number of fused-ring (bicyclic) bond motifs is 2. The summed E-state index contributed by atoms with van der Waals surface area (Å²) in [7, 11) is 0. The van der Waals surface area contributed by atoms with Gasteiger partial charge < -0.3 is 29.4 Å². The summed E-state index contributed by atoms with van der Waals surface area (Å²) in [6.07, 6.45) is 7.92. The molecule has 2 saturated heterocycles. The Labute approximate surface area is 259 Å². The molecule has 1 unspecified atom stereocenters. The lowest BCUT2D eigenvalue weighted by molar-refractivity contribution is -0.149. The molecule has 232 valence electrons. The van der Waals surface area contributed by atoms with Gasteiger partial charge in [0.25, 0.3) is 5.91 Å². The van der Waals surface area contributed by atoms with Crippen molar-refractivity contribution in [1.82, 2.24) is 9.80 Å². The molecule has 4 aliphatic heterocycles. The zero-order valence-electron chi connectivity index (χ0n) is 25.8. The molecule has 4 aliphatic rings. The van der Waals surface area contributed by atoms with Gasteiger partial charge in [-0.2, -0.15) is 0 Å². The Kier molecular flexibility index (Phi) is 8.11. The summed E-state index contributed by atoms with van der Waals surface area (Å²) in [5.41, 5.74) is 0.406. The Hall–Kier alpha value is -3.95. The molecule has 44 heavy (non-hydrogen) atoms. The number of carbonyl (C=O) groups excluding carboxylic acids is 3. The van der Waals surface area contributed by atoms with Gasteiger partial charge in [0.2, 0.25) is 11.8 Å². The Morgan fingerprint density at radius 2 is 1.59 bits per heavy atom. The van der Waals surface area contributed by atoms with Gasteiger partial charge in [0, 0.05) is 57.3 Å². The number of aliphatic hydroxyl groups excluding tert-OH is 1. The molecule has 1 spiro atoms. The molecule has 2 aromatic carbocycles. The van der Waals surface area contributed by atoms with Gasteiger partial charge >= 0.3 is 0 Å². The van der Waals surface area contributed by atoms with Gasteiger partial charge in [-0.3, -0.25) is 14.4 Å². The van der Waals surface area contributed by atoms with E-state index >= 15 is 0 Å². The van der Waals surface area contributed by atoms with Crippen molar-refractivity contribution >= 4 is 29.1 Å². The highest BCUT2D eigenvalue weighted by Crippen LogP contribution is 2.57. The molecule has 4 heterocycles. The number of aliphatic hydroxyl groups is 1. The molecule has 5 atom stereocenters. The van der Waals surface area contributed by atoms with Crippen LogP contribution in [0.15, 0.2) is 78.9 Å². The number of benzene rings is 2. The molecule has 2 aromatic rings. The van der Waals surface area contributed by atoms with Gasteiger partial charge in [-0.05, 0) is 57.0 Å². The minimum atomic E-state index is -1.32. The minimum Gasteiger partial charge on any atom is -0.396 e. The van der Waals surface area contributed by atoms with Crippen molar-refractivity contribution in [2.24, 2.45) is 11.8 Å². The van der Waals surface area contributed by atoms with E-state index in [1.54, 1.807) is 14.7 Å². The summed E-state index contributed by atoms with van der Waals surface area (Å²) in [6, 6.07) is 16.7. The van der Waals surface area contributed by atoms with Crippen LogP contribution >= 0.6 is 0 Å². The molecule has 0 aromatic heterocycles. The van der Waals surface area contributed by atoms with Crippen LogP contribution in [0, 0.1) is 11.8 Å². The third kappa shape index (κ3) is 4.82. The number of anilines is 2. The highest BCUT2D eigenvalue weighted by molar-refractivity contribution is 6.06. The summed E-state index contributed by atoms with van der Waals surface area (Å²) in [4.78, 5) is 50.7. The normalized spacial score (nSPS) is 29.4. The molecule has 9 heteroatoms. The summed E-state index contributed by atoms with van der Waals surface area (Å²) < 4.78 is 6.91. The molecule has 0 radical (unpaired) electrons. The van der Waals surface area contributed by atoms with E-state index in [4.69, 9.17) is 4.74 Å². The molecule has 0 aliphatic carbocycles. The van der Waals surface area contributed by atoms with Crippen molar-refractivity contribution in [3.63, 3.8) is 0 Å². The van der Waals surface area contributed by atoms with Gasteiger partial charge in [-0.1, -0.05) is 54.6 Å². The van der Waals surface area contributed by atoms with Crippen LogP contribution in [-0.2, 0) is 25.7 Å². The smallest absolute Gasteiger partial charge is 0.253 e. The van der Waals surface area contributed by atoms with Crippen LogP contribution in [0.4, 0.5) is 11.4 Å². The predicted molar refractivity (Wildman–Crippen MR) is 169 cm³/mol. The molecule has 0 bridgehead atoms. The monoisotopic (exact) mass is 598 g/mol. The van der Waals surface area contributed by atoms with Gasteiger partial charge in [-0.25, -0.2) is 0 Å². The van der Waals surface area contributed by atoms with Crippen LogP contribution in [0.1, 0.15) is 32.8 Å². The molecular formula is C35H42N4O5. The van der Waals surface area contributed by atoms with Crippen molar-refractivity contribution in [1.29, 1.82) is 0 Å². The first-order chi connectivity index (χ1) is 21.3. The largest absolute Gasteiger partial charge is 0.396 e. The maximum absolute atomic E-state index is 14.6. The Morgan fingerprint density at radius 1 is 0.886 bits per heavy atom. The Morgan fingerprint density at radius 3 is 2.27 bits per heavy atom. The lowest BCUT2D eigenvalue weighted by Crippen LogP contribution is -2.56. The standard InChI is InChI=1S/C35H42N4O5/c1-4-36(5-2)26-14-16-27(17-15-26)38-21-10-19-35-29(32(42)39(22-11-23-40)30(35)33(38)43)28-31(41)37(20-9-18-34(28,3)44-35)24-25-12-7-6-8-13-25/h6-10,12-19,28-30,40H,4-5,11,20-24H2,1-3H3/t28-,29+,30?,34+,35+/m1/s1. The van der Waals surface area contributed by atoms with Crippen LogP contribution in [0.3, 0.4) is 0 Å². The molecule has 3 amide bonds. The van der Waals surface area contributed by atoms with Crippen molar-refractivity contribution in [3.8, 4) is 0 Å². The predicted octanol–water partition coefficient (Wildman–Crippen LogP) is 3.39. The number of rotatable bonds is 9. The highest BCUT2D eigenvalue weighted by Gasteiger charge is 2.74. The molecule has 1 N–H and O–H groups in total. The average molecular weight is 599 g/mol. The zero-order valence-corrected chi connectivity index (χ0v) is 25.8. The van der Waals surface area contributed by atoms with E-state index in [-0.39, 0.29) is 30.9 Å². The van der Waals surface area contributed by atoms with E-state index in [0.717, 1.165) is 30.0 Å². The molecule has 0 saturated carbocycles. The van der Waals surface area contributed by atoms with Gasteiger partial charge in [0.15, 0.2) is 0 Å². The second-order valence-electron chi connectivity index (χ2n) is 12.3. The van der Waals surface area contributed by atoms with Crippen LogP contribution in [0.5, 0.6) is 0 Å². The van der Waals surface area contributed by atoms with Crippen LogP contribution in [0.25, 0.3) is 0 Å². The highest BCUT2D eigenvalue weighted by atomic mass is 16.5. The quantitative estimate of drug-likeness (QED) is 0.445. The number of likely N-dealkylation sites (tertiary alicyclic amines) is 1. The van der Waals surface area contributed by atoms with Gasteiger partial charge in [0.1, 0.15) is 11.6 Å². The summed E-state index contributed by atoms with van der Waals surface area (Å²) >= 11 is 0. The zero-order chi connectivity index (χ0) is 31.1. The average Bonchev–Trinajstić information content (AvgIpc) is 3.30. The first-order valence-corrected chi connectivity index (χ1v) is 15.7. The second kappa shape index (κ2) is 11.9. The molecule has 2 fully saturated rings. The number of ether oxygens (including phenoxy) is 1. The number of hydrogen-bond donors (Lipinski definition) is 1. The summed E-state index contributed by atoms with van der Waals surface area (Å²) in [5.74, 6) is -2.38. The second-order valence-corrected chi connectivity index (χ2v) is 12.3. The van der Waals surface area contributed by atoms with Crippen molar-refractivity contribution in [3.05, 3.63) is 84.5 Å². The minimum absolute atomic E-state index is 0.122. The SMILES string of the molecule is CCN(CC)c1ccc(N2CC=C[C@]34O[C@@]5(C)C=CCN(Cc6ccccc6)C(=O)[C@H]5[C@H]3C(=O)N(CCCO)C4C2=O)cc1. The van der Waals surface area contributed by atoms with E-state index < -0.39 is 29.1 Å². The number of hydrogen-bond acceptors (Lipinski definition) is 6. The van der Waals surface area contributed by atoms with Crippen molar-refractivity contribution in [2.75, 3.05) is 49.1 Å². The van der Waals surface area contributed by atoms with Crippen LogP contribution < -0.4 is 9.80 Å². The maximum atomic E-state index is 14.6. The lowest BCUT2D eigenvalue weighted by atomic mass is 9.74. The molecule has 6 rings (SSSR count). The number of carbonyl (C=O) groups is 3. The fourth-order valence-electron chi connectivity index (χ4n) is 7.66. The Balaban J connectivity index is 1.38. The fourth-order valence-corrected chi connectivity index (χ4v) is 7.66. The summed E-state index contributed by atoms with van der Waals surface area (Å²) in [5, 5.41) is 9.70. The number of nitrogens with zero attached hydrogens (tertiary/aromatic N) is 4.